The van der Waals surface area contributed by atoms with E-state index in [1.807, 2.05) is 6.20 Å². The van der Waals surface area contributed by atoms with Gasteiger partial charge < -0.3 is 0 Å². The van der Waals surface area contributed by atoms with Gasteiger partial charge in [0.05, 0.1) is 0 Å². The molecule has 60 valence electrons. The SMILES string of the molecule is CCCc1cncnc1CC. The zero-order chi connectivity index (χ0) is 8.10. The first kappa shape index (κ1) is 8.18. The minimum Gasteiger partial charge on any atom is -0.245 e. The van der Waals surface area contributed by atoms with Crippen molar-refractivity contribution in [2.45, 2.75) is 33.1 Å². The lowest BCUT2D eigenvalue weighted by Crippen LogP contribution is -1.96. The Hall–Kier alpha value is -0.920. The van der Waals surface area contributed by atoms with Crippen LogP contribution in [0.5, 0.6) is 0 Å². The number of aromatic nitrogens is 2. The number of hydrogen-bond donors (Lipinski definition) is 0. The van der Waals surface area contributed by atoms with E-state index in [1.54, 1.807) is 6.33 Å². The number of rotatable bonds is 3. The molecule has 0 aromatic carbocycles. The molecule has 11 heavy (non-hydrogen) atoms. The molecule has 0 unspecified atom stereocenters. The van der Waals surface area contributed by atoms with Crippen LogP contribution in [0.1, 0.15) is 31.5 Å². The molecule has 1 aromatic rings. The largest absolute Gasteiger partial charge is 0.245 e. The zero-order valence-corrected chi connectivity index (χ0v) is 7.17. The van der Waals surface area contributed by atoms with Gasteiger partial charge in [0.15, 0.2) is 0 Å². The molecular weight excluding hydrogens is 136 g/mol. The monoisotopic (exact) mass is 150 g/mol. The quantitative estimate of drug-likeness (QED) is 0.658. The highest BCUT2D eigenvalue weighted by Gasteiger charge is 1.98. The Balaban J connectivity index is 2.83. The summed E-state index contributed by atoms with van der Waals surface area (Å²) in [6.45, 7) is 4.30. The van der Waals surface area contributed by atoms with Gasteiger partial charge in [-0.2, -0.15) is 0 Å². The van der Waals surface area contributed by atoms with Crippen molar-refractivity contribution >= 4 is 0 Å². The molecule has 0 atom stereocenters. The van der Waals surface area contributed by atoms with Crippen LogP contribution < -0.4 is 0 Å². The second-order valence-electron chi connectivity index (χ2n) is 2.60. The van der Waals surface area contributed by atoms with Crippen molar-refractivity contribution in [2.75, 3.05) is 0 Å². The van der Waals surface area contributed by atoms with E-state index in [-0.39, 0.29) is 0 Å². The van der Waals surface area contributed by atoms with Crippen molar-refractivity contribution in [1.82, 2.24) is 9.97 Å². The van der Waals surface area contributed by atoms with Gasteiger partial charge in [0, 0.05) is 11.9 Å². The fourth-order valence-corrected chi connectivity index (χ4v) is 1.18. The Bertz CT molecular complexity index is 221. The molecule has 0 amide bonds. The lowest BCUT2D eigenvalue weighted by molar-refractivity contribution is 0.858. The van der Waals surface area contributed by atoms with Crippen molar-refractivity contribution < 1.29 is 0 Å². The predicted molar refractivity (Wildman–Crippen MR) is 45.4 cm³/mol. The third-order valence-electron chi connectivity index (χ3n) is 1.74. The second-order valence-corrected chi connectivity index (χ2v) is 2.60. The van der Waals surface area contributed by atoms with Crippen molar-refractivity contribution in [2.24, 2.45) is 0 Å². The van der Waals surface area contributed by atoms with Gasteiger partial charge in [-0.15, -0.1) is 0 Å². The lowest BCUT2D eigenvalue weighted by Gasteiger charge is -2.02. The highest BCUT2D eigenvalue weighted by atomic mass is 14.8. The summed E-state index contributed by atoms with van der Waals surface area (Å²) in [4.78, 5) is 8.21. The summed E-state index contributed by atoms with van der Waals surface area (Å²) in [6.07, 6.45) is 6.83. The molecule has 0 aliphatic heterocycles. The van der Waals surface area contributed by atoms with E-state index < -0.39 is 0 Å². The fourth-order valence-electron chi connectivity index (χ4n) is 1.18. The third kappa shape index (κ3) is 2.00. The third-order valence-corrected chi connectivity index (χ3v) is 1.74. The smallest absolute Gasteiger partial charge is 0.115 e. The molecule has 0 spiro atoms. The number of aryl methyl sites for hydroxylation is 2. The van der Waals surface area contributed by atoms with Crippen LogP contribution in [0.25, 0.3) is 0 Å². The highest BCUT2D eigenvalue weighted by Crippen LogP contribution is 2.06. The van der Waals surface area contributed by atoms with Gasteiger partial charge in [-0.25, -0.2) is 9.97 Å². The van der Waals surface area contributed by atoms with Crippen LogP contribution in [-0.2, 0) is 12.8 Å². The highest BCUT2D eigenvalue weighted by molar-refractivity contribution is 5.15. The zero-order valence-electron chi connectivity index (χ0n) is 7.17. The Kier molecular flexibility index (Phi) is 3.02. The van der Waals surface area contributed by atoms with Crippen LogP contribution in [-0.4, -0.2) is 9.97 Å². The molecular formula is C9H14N2. The van der Waals surface area contributed by atoms with E-state index in [0.717, 1.165) is 12.8 Å². The molecule has 0 fully saturated rings. The molecule has 0 bridgehead atoms. The first-order valence-electron chi connectivity index (χ1n) is 4.16. The minimum atomic E-state index is 1.01. The van der Waals surface area contributed by atoms with Crippen molar-refractivity contribution in [3.63, 3.8) is 0 Å². The summed E-state index contributed by atoms with van der Waals surface area (Å²) in [5.74, 6) is 0. The van der Waals surface area contributed by atoms with Crippen LogP contribution in [0, 0.1) is 0 Å². The van der Waals surface area contributed by atoms with Crippen molar-refractivity contribution in [1.29, 1.82) is 0 Å². The van der Waals surface area contributed by atoms with E-state index in [4.69, 9.17) is 0 Å². The molecule has 0 radical (unpaired) electrons. The van der Waals surface area contributed by atoms with Gasteiger partial charge in [0.2, 0.25) is 0 Å². The van der Waals surface area contributed by atoms with Crippen LogP contribution in [0.4, 0.5) is 0 Å². The molecule has 0 saturated carbocycles. The summed E-state index contributed by atoms with van der Waals surface area (Å²) in [6, 6.07) is 0. The van der Waals surface area contributed by atoms with E-state index in [0.29, 0.717) is 0 Å². The Morgan fingerprint density at radius 3 is 2.82 bits per heavy atom. The van der Waals surface area contributed by atoms with E-state index >= 15 is 0 Å². The Labute approximate surface area is 67.7 Å². The van der Waals surface area contributed by atoms with Gasteiger partial charge in [-0.05, 0) is 18.4 Å². The molecule has 1 rings (SSSR count). The van der Waals surface area contributed by atoms with Gasteiger partial charge >= 0.3 is 0 Å². The Morgan fingerprint density at radius 1 is 1.36 bits per heavy atom. The van der Waals surface area contributed by atoms with Gasteiger partial charge in [-0.1, -0.05) is 20.3 Å². The molecule has 0 aliphatic rings. The Morgan fingerprint density at radius 2 is 2.18 bits per heavy atom. The van der Waals surface area contributed by atoms with Crippen LogP contribution in [0.15, 0.2) is 12.5 Å². The topological polar surface area (TPSA) is 25.8 Å². The summed E-state index contributed by atoms with van der Waals surface area (Å²) in [5, 5.41) is 0. The summed E-state index contributed by atoms with van der Waals surface area (Å²) in [5.41, 5.74) is 2.50. The first-order valence-corrected chi connectivity index (χ1v) is 4.16. The summed E-state index contributed by atoms with van der Waals surface area (Å²) >= 11 is 0. The van der Waals surface area contributed by atoms with Crippen LogP contribution in [0.2, 0.25) is 0 Å². The molecule has 0 saturated heterocycles. The summed E-state index contributed by atoms with van der Waals surface area (Å²) < 4.78 is 0. The van der Waals surface area contributed by atoms with Gasteiger partial charge in [0.1, 0.15) is 6.33 Å². The van der Waals surface area contributed by atoms with Gasteiger partial charge in [0.25, 0.3) is 0 Å². The van der Waals surface area contributed by atoms with Crippen molar-refractivity contribution in [3.8, 4) is 0 Å². The van der Waals surface area contributed by atoms with E-state index in [2.05, 4.69) is 23.8 Å². The predicted octanol–water partition coefficient (Wildman–Crippen LogP) is 1.99. The lowest BCUT2D eigenvalue weighted by atomic mass is 10.1. The first-order chi connectivity index (χ1) is 5.38. The number of hydrogen-bond acceptors (Lipinski definition) is 2. The maximum Gasteiger partial charge on any atom is 0.115 e. The normalized spacial score (nSPS) is 10.0. The van der Waals surface area contributed by atoms with Crippen molar-refractivity contribution in [3.05, 3.63) is 23.8 Å². The molecule has 1 heterocycles. The van der Waals surface area contributed by atoms with Crippen LogP contribution in [0.3, 0.4) is 0 Å². The maximum absolute atomic E-state index is 4.20. The molecule has 1 aromatic heterocycles. The standard InChI is InChI=1S/C9H14N2/c1-3-5-8-6-10-7-11-9(8)4-2/h6-7H,3-5H2,1-2H3. The minimum absolute atomic E-state index is 1.01. The molecule has 0 N–H and O–H groups in total. The molecule has 0 aliphatic carbocycles. The second kappa shape index (κ2) is 4.06. The van der Waals surface area contributed by atoms with E-state index in [1.165, 1.54) is 17.7 Å². The average molecular weight is 150 g/mol. The molecule has 2 heteroatoms. The molecule has 2 nitrogen and oxygen atoms in total. The maximum atomic E-state index is 4.20. The van der Waals surface area contributed by atoms with Crippen LogP contribution >= 0.6 is 0 Å². The average Bonchev–Trinajstić information content (AvgIpc) is 2.06. The summed E-state index contributed by atoms with van der Waals surface area (Å²) in [7, 11) is 0. The van der Waals surface area contributed by atoms with E-state index in [9.17, 15) is 0 Å². The number of nitrogens with zero attached hydrogens (tertiary/aromatic N) is 2. The van der Waals surface area contributed by atoms with Gasteiger partial charge in [-0.3, -0.25) is 0 Å². The fraction of sp³-hybridized carbons (Fsp3) is 0.556.